The van der Waals surface area contributed by atoms with E-state index in [1.807, 2.05) is 13.0 Å². The normalized spacial score (nSPS) is 14.8. The van der Waals surface area contributed by atoms with Gasteiger partial charge in [-0.05, 0) is 13.0 Å². The highest BCUT2D eigenvalue weighted by atomic mass is 35.5. The lowest BCUT2D eigenvalue weighted by atomic mass is 10.00. The molecule has 5 nitrogen and oxygen atoms in total. The fraction of sp³-hybridized carbons (Fsp3) is 0.571. The van der Waals surface area contributed by atoms with E-state index >= 15 is 0 Å². The summed E-state index contributed by atoms with van der Waals surface area (Å²) in [6.45, 7) is 3.56. The molecule has 1 aliphatic rings. The topological polar surface area (TPSA) is 51.7 Å². The number of ether oxygens (including phenoxy) is 2. The number of anilines is 1. The highest BCUT2D eigenvalue weighted by molar-refractivity contribution is 6.33. The van der Waals surface area contributed by atoms with Crippen LogP contribution in [0.3, 0.4) is 0 Å². The fourth-order valence-corrected chi connectivity index (χ4v) is 2.90. The summed E-state index contributed by atoms with van der Waals surface area (Å²) < 4.78 is 10.5. The van der Waals surface area contributed by atoms with Crippen molar-refractivity contribution in [2.24, 2.45) is 0 Å². The fourth-order valence-electron chi connectivity index (χ4n) is 2.56. The molecule has 1 aliphatic heterocycles. The number of methoxy groups -OCH3 is 2. The van der Waals surface area contributed by atoms with Crippen molar-refractivity contribution in [3.8, 4) is 0 Å². The van der Waals surface area contributed by atoms with Crippen molar-refractivity contribution in [1.29, 1.82) is 0 Å². The number of carbonyl (C=O) groups excluding carboxylic acids is 1. The van der Waals surface area contributed by atoms with Crippen LogP contribution in [0.4, 0.5) is 5.69 Å². The minimum absolute atomic E-state index is 0.0438. The van der Waals surface area contributed by atoms with E-state index in [1.165, 1.54) is 0 Å². The summed E-state index contributed by atoms with van der Waals surface area (Å²) in [4.78, 5) is 18.4. The number of carbonyl (C=O) groups is 1. The van der Waals surface area contributed by atoms with Crippen molar-refractivity contribution in [1.82, 2.24) is 4.98 Å². The molecule has 0 N–H and O–H groups in total. The Morgan fingerprint density at radius 2 is 2.05 bits per heavy atom. The maximum absolute atomic E-state index is 12.1. The standard InChI is InChI=1S/C14H19ClN2O3/c1-9-6-11-13(14(15)16-9)12(18)4-5-17(11)10(7-19-2)8-20-3/h6,10H,4-5,7-8H2,1-3H3. The second kappa shape index (κ2) is 6.52. The van der Waals surface area contributed by atoms with Crippen LogP contribution < -0.4 is 4.90 Å². The van der Waals surface area contributed by atoms with Gasteiger partial charge in [0.1, 0.15) is 5.15 Å². The Balaban J connectivity index is 2.43. The van der Waals surface area contributed by atoms with E-state index in [4.69, 9.17) is 21.1 Å². The predicted molar refractivity (Wildman–Crippen MR) is 77.8 cm³/mol. The van der Waals surface area contributed by atoms with Gasteiger partial charge >= 0.3 is 0 Å². The van der Waals surface area contributed by atoms with Crippen LogP contribution in [0.2, 0.25) is 5.15 Å². The minimum atomic E-state index is 0.0438. The predicted octanol–water partition coefficient (Wildman–Crippen LogP) is 2.10. The molecule has 1 aromatic heterocycles. The number of hydrogen-bond donors (Lipinski definition) is 0. The van der Waals surface area contributed by atoms with Crippen molar-refractivity contribution < 1.29 is 14.3 Å². The highest BCUT2D eigenvalue weighted by Gasteiger charge is 2.30. The summed E-state index contributed by atoms with van der Waals surface area (Å²) in [5.41, 5.74) is 2.14. The van der Waals surface area contributed by atoms with Crippen LogP contribution in [-0.4, -0.2) is 50.8 Å². The molecule has 0 amide bonds. The summed E-state index contributed by atoms with van der Waals surface area (Å²) in [7, 11) is 3.31. The number of Topliss-reactive ketones (excluding diaryl/α,β-unsaturated/α-hetero) is 1. The van der Waals surface area contributed by atoms with Crippen molar-refractivity contribution in [2.45, 2.75) is 19.4 Å². The Morgan fingerprint density at radius 1 is 1.40 bits per heavy atom. The quantitative estimate of drug-likeness (QED) is 0.779. The SMILES string of the molecule is COCC(COC)N1CCC(=O)c2c1cc(C)nc2Cl. The second-order valence-electron chi connectivity index (χ2n) is 4.88. The average molecular weight is 299 g/mol. The van der Waals surface area contributed by atoms with Crippen LogP contribution in [0.15, 0.2) is 6.07 Å². The third-order valence-electron chi connectivity index (χ3n) is 3.41. The molecule has 0 unspecified atom stereocenters. The maximum atomic E-state index is 12.1. The molecule has 0 aromatic carbocycles. The summed E-state index contributed by atoms with van der Waals surface area (Å²) >= 11 is 6.15. The molecule has 0 radical (unpaired) electrons. The van der Waals surface area contributed by atoms with E-state index in [0.29, 0.717) is 31.7 Å². The number of rotatable bonds is 5. The molecule has 2 heterocycles. The van der Waals surface area contributed by atoms with Crippen LogP contribution in [0.5, 0.6) is 0 Å². The molecule has 0 bridgehead atoms. The number of aromatic nitrogens is 1. The zero-order valence-corrected chi connectivity index (χ0v) is 12.7. The van der Waals surface area contributed by atoms with Gasteiger partial charge in [0.25, 0.3) is 0 Å². The van der Waals surface area contributed by atoms with Crippen LogP contribution in [-0.2, 0) is 9.47 Å². The Labute approximate surface area is 123 Å². The molecule has 0 saturated heterocycles. The minimum Gasteiger partial charge on any atom is -0.382 e. The lowest BCUT2D eigenvalue weighted by Crippen LogP contribution is -2.45. The third kappa shape index (κ3) is 2.95. The van der Waals surface area contributed by atoms with Gasteiger partial charge in [-0.25, -0.2) is 4.98 Å². The molecule has 0 saturated carbocycles. The van der Waals surface area contributed by atoms with E-state index in [1.54, 1.807) is 14.2 Å². The number of fused-ring (bicyclic) bond motifs is 1. The van der Waals surface area contributed by atoms with Crippen LogP contribution in [0.25, 0.3) is 0 Å². The van der Waals surface area contributed by atoms with Gasteiger partial charge in [-0.3, -0.25) is 4.79 Å². The molecule has 6 heteroatoms. The van der Waals surface area contributed by atoms with Crippen LogP contribution in [0, 0.1) is 6.92 Å². The number of nitrogens with zero attached hydrogens (tertiary/aromatic N) is 2. The zero-order chi connectivity index (χ0) is 14.7. The summed E-state index contributed by atoms with van der Waals surface area (Å²) in [5.74, 6) is 0.0438. The first kappa shape index (κ1) is 15.2. The first-order valence-electron chi connectivity index (χ1n) is 6.53. The Kier molecular flexibility index (Phi) is 4.96. The molecule has 0 spiro atoms. The van der Waals surface area contributed by atoms with E-state index in [9.17, 15) is 4.79 Å². The molecular weight excluding hydrogens is 280 g/mol. The Hall–Kier alpha value is -1.17. The van der Waals surface area contributed by atoms with E-state index in [-0.39, 0.29) is 17.0 Å². The van der Waals surface area contributed by atoms with Crippen molar-refractivity contribution in [2.75, 3.05) is 38.9 Å². The van der Waals surface area contributed by atoms with E-state index in [2.05, 4.69) is 9.88 Å². The lowest BCUT2D eigenvalue weighted by molar-refractivity contribution is 0.0955. The Bertz CT molecular complexity index is 501. The average Bonchev–Trinajstić information content (AvgIpc) is 2.38. The molecule has 2 rings (SSSR count). The van der Waals surface area contributed by atoms with Crippen LogP contribution >= 0.6 is 11.6 Å². The summed E-state index contributed by atoms with van der Waals surface area (Å²) in [6.07, 6.45) is 0.432. The number of aryl methyl sites for hydroxylation is 1. The number of hydrogen-bond acceptors (Lipinski definition) is 5. The van der Waals surface area contributed by atoms with Gasteiger partial charge in [0.05, 0.1) is 30.5 Å². The summed E-state index contributed by atoms with van der Waals surface area (Å²) in [6, 6.07) is 1.95. The summed E-state index contributed by atoms with van der Waals surface area (Å²) in [5, 5.41) is 0.281. The van der Waals surface area contributed by atoms with Crippen molar-refractivity contribution in [3.05, 3.63) is 22.5 Å². The van der Waals surface area contributed by atoms with E-state index in [0.717, 1.165) is 11.4 Å². The number of halogens is 1. The van der Waals surface area contributed by atoms with Crippen LogP contribution in [0.1, 0.15) is 22.5 Å². The number of pyridine rings is 1. The largest absolute Gasteiger partial charge is 0.382 e. The second-order valence-corrected chi connectivity index (χ2v) is 5.24. The molecule has 1 aromatic rings. The molecule has 0 fully saturated rings. The molecular formula is C14H19ClN2O3. The lowest BCUT2D eigenvalue weighted by Gasteiger charge is -2.37. The zero-order valence-electron chi connectivity index (χ0n) is 12.0. The monoisotopic (exact) mass is 298 g/mol. The smallest absolute Gasteiger partial charge is 0.169 e. The van der Waals surface area contributed by atoms with Gasteiger partial charge in [-0.2, -0.15) is 0 Å². The first-order chi connectivity index (χ1) is 9.58. The third-order valence-corrected chi connectivity index (χ3v) is 3.68. The van der Waals surface area contributed by atoms with Gasteiger partial charge in [-0.15, -0.1) is 0 Å². The Morgan fingerprint density at radius 3 is 2.65 bits per heavy atom. The molecule has 110 valence electrons. The van der Waals surface area contributed by atoms with Gasteiger partial charge in [-0.1, -0.05) is 11.6 Å². The number of ketones is 1. The maximum Gasteiger partial charge on any atom is 0.169 e. The molecule has 20 heavy (non-hydrogen) atoms. The van der Waals surface area contributed by atoms with Gasteiger partial charge < -0.3 is 14.4 Å². The highest BCUT2D eigenvalue weighted by Crippen LogP contribution is 2.33. The van der Waals surface area contributed by atoms with Gasteiger partial charge in [0, 0.05) is 32.9 Å². The first-order valence-corrected chi connectivity index (χ1v) is 6.91. The van der Waals surface area contributed by atoms with Crippen molar-refractivity contribution >= 4 is 23.1 Å². The van der Waals surface area contributed by atoms with Gasteiger partial charge in [0.2, 0.25) is 0 Å². The molecule has 0 aliphatic carbocycles. The van der Waals surface area contributed by atoms with Gasteiger partial charge in [0.15, 0.2) is 5.78 Å². The van der Waals surface area contributed by atoms with Crippen molar-refractivity contribution in [3.63, 3.8) is 0 Å². The molecule has 0 atom stereocenters. The van der Waals surface area contributed by atoms with E-state index < -0.39 is 0 Å².